The van der Waals surface area contributed by atoms with E-state index >= 15 is 0 Å². The molecule has 0 fully saturated rings. The van der Waals surface area contributed by atoms with E-state index in [0.29, 0.717) is 24.1 Å². The molecule has 2 N–H and O–H groups in total. The van der Waals surface area contributed by atoms with Gasteiger partial charge in [0, 0.05) is 36.0 Å². The van der Waals surface area contributed by atoms with E-state index in [1.165, 1.54) is 17.5 Å². The van der Waals surface area contributed by atoms with Crippen LogP contribution in [0.3, 0.4) is 0 Å². The number of hydrogen-bond donors (Lipinski definition) is 2. The third kappa shape index (κ3) is 4.16. The van der Waals surface area contributed by atoms with Crippen molar-refractivity contribution in [1.29, 1.82) is 0 Å². The highest BCUT2D eigenvalue weighted by Gasteiger charge is 2.06. The zero-order chi connectivity index (χ0) is 14.2. The van der Waals surface area contributed by atoms with Gasteiger partial charge in [0.1, 0.15) is 5.01 Å². The van der Waals surface area contributed by atoms with Crippen molar-refractivity contribution in [3.8, 4) is 11.8 Å². The fraction of sp³-hybridized carbons (Fsp3) is 0.214. The zero-order valence-electron chi connectivity index (χ0n) is 10.7. The summed E-state index contributed by atoms with van der Waals surface area (Å²) in [7, 11) is 0. The molecule has 0 aliphatic carbocycles. The summed E-state index contributed by atoms with van der Waals surface area (Å²) in [5, 5.41) is 14.2. The minimum Gasteiger partial charge on any atom is -0.395 e. The molecule has 1 amide bonds. The van der Waals surface area contributed by atoms with Gasteiger partial charge in [0.2, 0.25) is 0 Å². The SMILES string of the molecule is O=C(NCc1nccs1)c1cncc(C#CCCO)c1. The van der Waals surface area contributed by atoms with Crippen molar-refractivity contribution in [3.05, 3.63) is 46.2 Å². The molecule has 2 heterocycles. The third-order valence-electron chi connectivity index (χ3n) is 2.35. The minimum absolute atomic E-state index is 0.0222. The van der Waals surface area contributed by atoms with Gasteiger partial charge in [-0.05, 0) is 6.07 Å². The lowest BCUT2D eigenvalue weighted by Gasteiger charge is -2.03. The minimum atomic E-state index is -0.210. The van der Waals surface area contributed by atoms with E-state index < -0.39 is 0 Å². The summed E-state index contributed by atoms with van der Waals surface area (Å²) >= 11 is 1.49. The molecule has 0 spiro atoms. The number of carbonyl (C=O) groups is 1. The van der Waals surface area contributed by atoms with Crippen LogP contribution in [0.25, 0.3) is 0 Å². The topological polar surface area (TPSA) is 75.1 Å². The van der Waals surface area contributed by atoms with Crippen LogP contribution in [0.2, 0.25) is 0 Å². The number of pyridine rings is 1. The quantitative estimate of drug-likeness (QED) is 0.829. The predicted octanol–water partition coefficient (Wildman–Crippen LogP) is 1.20. The van der Waals surface area contributed by atoms with E-state index in [1.807, 2.05) is 5.38 Å². The molecule has 0 saturated heterocycles. The fourth-order valence-electron chi connectivity index (χ4n) is 1.45. The summed E-state index contributed by atoms with van der Waals surface area (Å²) < 4.78 is 0. The molecular weight excluding hydrogens is 274 g/mol. The van der Waals surface area contributed by atoms with Crippen molar-refractivity contribution in [1.82, 2.24) is 15.3 Å². The zero-order valence-corrected chi connectivity index (χ0v) is 11.5. The van der Waals surface area contributed by atoms with Crippen molar-refractivity contribution in [2.24, 2.45) is 0 Å². The molecule has 2 aromatic heterocycles. The highest BCUT2D eigenvalue weighted by Crippen LogP contribution is 2.05. The first-order valence-electron chi connectivity index (χ1n) is 6.01. The molecular formula is C14H13N3O2S. The largest absolute Gasteiger partial charge is 0.395 e. The normalized spacial score (nSPS) is 9.65. The number of nitrogens with one attached hydrogen (secondary N) is 1. The third-order valence-corrected chi connectivity index (χ3v) is 3.13. The first-order chi connectivity index (χ1) is 9.79. The Morgan fingerprint density at radius 3 is 3.10 bits per heavy atom. The molecule has 0 aromatic carbocycles. The van der Waals surface area contributed by atoms with Crippen LogP contribution in [0.1, 0.15) is 27.3 Å². The van der Waals surface area contributed by atoms with Crippen LogP contribution >= 0.6 is 11.3 Å². The second-order valence-corrected chi connectivity index (χ2v) is 4.83. The summed E-state index contributed by atoms with van der Waals surface area (Å²) in [5.74, 6) is 5.43. The number of nitrogens with zero attached hydrogens (tertiary/aromatic N) is 2. The summed E-state index contributed by atoms with van der Waals surface area (Å²) in [6.45, 7) is 0.422. The Balaban J connectivity index is 1.99. The van der Waals surface area contributed by atoms with Crippen molar-refractivity contribution in [2.45, 2.75) is 13.0 Å². The molecule has 2 aromatic rings. The van der Waals surface area contributed by atoms with Gasteiger partial charge in [-0.2, -0.15) is 0 Å². The molecule has 0 atom stereocenters. The Morgan fingerprint density at radius 1 is 1.45 bits per heavy atom. The van der Waals surface area contributed by atoms with Crippen molar-refractivity contribution in [2.75, 3.05) is 6.61 Å². The number of aromatic nitrogens is 2. The monoisotopic (exact) mass is 287 g/mol. The molecule has 2 rings (SSSR count). The van der Waals surface area contributed by atoms with E-state index in [4.69, 9.17) is 5.11 Å². The smallest absolute Gasteiger partial charge is 0.253 e. The fourth-order valence-corrected chi connectivity index (χ4v) is 2.01. The van der Waals surface area contributed by atoms with E-state index in [1.54, 1.807) is 18.5 Å². The van der Waals surface area contributed by atoms with Gasteiger partial charge < -0.3 is 10.4 Å². The van der Waals surface area contributed by atoms with E-state index in [9.17, 15) is 4.79 Å². The van der Waals surface area contributed by atoms with E-state index in [0.717, 1.165) is 5.01 Å². The number of carbonyl (C=O) groups excluding carboxylic acids is 1. The average molecular weight is 287 g/mol. The first kappa shape index (κ1) is 14.2. The average Bonchev–Trinajstić information content (AvgIpc) is 2.99. The lowest BCUT2D eigenvalue weighted by molar-refractivity contribution is 0.0950. The van der Waals surface area contributed by atoms with Crippen LogP contribution in [0.15, 0.2) is 30.0 Å². The number of rotatable bonds is 4. The molecule has 5 nitrogen and oxygen atoms in total. The summed E-state index contributed by atoms with van der Waals surface area (Å²) in [6.07, 6.45) is 5.18. The van der Waals surface area contributed by atoms with Gasteiger partial charge in [0.15, 0.2) is 0 Å². The Labute approximate surface area is 120 Å². The molecule has 0 aliphatic heterocycles. The summed E-state index contributed by atoms with van der Waals surface area (Å²) in [5.41, 5.74) is 1.11. The van der Waals surface area contributed by atoms with Gasteiger partial charge >= 0.3 is 0 Å². The van der Waals surface area contributed by atoms with Crippen molar-refractivity contribution in [3.63, 3.8) is 0 Å². The Morgan fingerprint density at radius 2 is 2.35 bits per heavy atom. The van der Waals surface area contributed by atoms with Crippen molar-refractivity contribution < 1.29 is 9.90 Å². The van der Waals surface area contributed by atoms with Crippen LogP contribution in [0, 0.1) is 11.8 Å². The van der Waals surface area contributed by atoms with Gasteiger partial charge in [0.05, 0.1) is 18.7 Å². The maximum Gasteiger partial charge on any atom is 0.253 e. The number of hydrogen-bond acceptors (Lipinski definition) is 5. The molecule has 102 valence electrons. The Bertz CT molecular complexity index is 629. The van der Waals surface area contributed by atoms with Crippen LogP contribution in [0.5, 0.6) is 0 Å². The standard InChI is InChI=1S/C14H13N3O2S/c18-5-2-1-3-11-7-12(9-15-8-11)14(19)17-10-13-16-4-6-20-13/h4,6-9,18H,2,5,10H2,(H,17,19). The van der Waals surface area contributed by atoms with Crippen LogP contribution < -0.4 is 5.32 Å². The molecule has 0 unspecified atom stereocenters. The molecule has 0 aliphatic rings. The number of aliphatic hydroxyl groups is 1. The lowest BCUT2D eigenvalue weighted by atomic mass is 10.2. The Kier molecular flexibility index (Phi) is 5.24. The number of amides is 1. The van der Waals surface area contributed by atoms with Crippen molar-refractivity contribution >= 4 is 17.2 Å². The summed E-state index contributed by atoms with van der Waals surface area (Å²) in [6, 6.07) is 1.68. The molecule has 0 saturated carbocycles. The maximum absolute atomic E-state index is 12.0. The van der Waals surface area contributed by atoms with Gasteiger partial charge in [0.25, 0.3) is 5.91 Å². The second kappa shape index (κ2) is 7.38. The van der Waals surface area contributed by atoms with Gasteiger partial charge in [-0.3, -0.25) is 9.78 Å². The van der Waals surface area contributed by atoms with Crippen LogP contribution in [-0.2, 0) is 6.54 Å². The Hall–Kier alpha value is -2.23. The summed E-state index contributed by atoms with van der Waals surface area (Å²) in [4.78, 5) is 20.0. The number of thiazole rings is 1. The van der Waals surface area contributed by atoms with Crippen LogP contribution in [-0.4, -0.2) is 27.6 Å². The molecule has 6 heteroatoms. The number of aliphatic hydroxyl groups excluding tert-OH is 1. The van der Waals surface area contributed by atoms with E-state index in [-0.39, 0.29) is 12.5 Å². The maximum atomic E-state index is 12.0. The van der Waals surface area contributed by atoms with Gasteiger partial charge in [-0.1, -0.05) is 11.8 Å². The second-order valence-electron chi connectivity index (χ2n) is 3.85. The first-order valence-corrected chi connectivity index (χ1v) is 6.89. The van der Waals surface area contributed by atoms with Gasteiger partial charge in [-0.25, -0.2) is 4.98 Å². The molecule has 20 heavy (non-hydrogen) atoms. The molecule has 0 bridgehead atoms. The highest BCUT2D eigenvalue weighted by atomic mass is 32.1. The molecule has 0 radical (unpaired) electrons. The predicted molar refractivity (Wildman–Crippen MR) is 76.1 cm³/mol. The van der Waals surface area contributed by atoms with Gasteiger partial charge in [-0.15, -0.1) is 11.3 Å². The highest BCUT2D eigenvalue weighted by molar-refractivity contribution is 7.09. The van der Waals surface area contributed by atoms with E-state index in [2.05, 4.69) is 27.1 Å². The lowest BCUT2D eigenvalue weighted by Crippen LogP contribution is -2.22. The van der Waals surface area contributed by atoms with Crippen LogP contribution in [0.4, 0.5) is 0 Å².